The van der Waals surface area contributed by atoms with E-state index < -0.39 is 0 Å². The summed E-state index contributed by atoms with van der Waals surface area (Å²) >= 11 is 3.22. The molecule has 0 radical (unpaired) electrons. The highest BCUT2D eigenvalue weighted by atomic mass is 32.2. The molecule has 0 saturated heterocycles. The molecule has 0 aromatic carbocycles. The van der Waals surface area contributed by atoms with Crippen LogP contribution in [0.5, 0.6) is 0 Å². The van der Waals surface area contributed by atoms with Crippen molar-refractivity contribution in [2.24, 2.45) is 0 Å². The van der Waals surface area contributed by atoms with E-state index in [9.17, 15) is 4.79 Å². The minimum atomic E-state index is 0.0538. The molecular formula is C12H16N4OS2. The molecule has 7 heteroatoms. The van der Waals surface area contributed by atoms with E-state index in [-0.39, 0.29) is 5.56 Å². The number of fused-ring (bicyclic) bond motifs is 2. The number of hydrogen-bond donors (Lipinski definition) is 0. The van der Waals surface area contributed by atoms with E-state index in [4.69, 9.17) is 0 Å². The Labute approximate surface area is 119 Å². The van der Waals surface area contributed by atoms with Gasteiger partial charge in [-0.25, -0.2) is 9.97 Å². The number of imidazole rings is 1. The van der Waals surface area contributed by atoms with Crippen molar-refractivity contribution in [2.75, 3.05) is 6.26 Å². The van der Waals surface area contributed by atoms with Gasteiger partial charge in [0.25, 0.3) is 5.56 Å². The van der Waals surface area contributed by atoms with E-state index in [1.165, 1.54) is 0 Å². The number of aryl methyl sites for hydroxylation is 1. The third-order valence-corrected chi connectivity index (χ3v) is 4.92. The maximum atomic E-state index is 12.6. The molecule has 0 amide bonds. The van der Waals surface area contributed by atoms with Crippen LogP contribution in [0.15, 0.2) is 15.1 Å². The van der Waals surface area contributed by atoms with Gasteiger partial charge in [0.05, 0.1) is 0 Å². The Morgan fingerprint density at radius 3 is 2.95 bits per heavy atom. The Balaban J connectivity index is 2.30. The van der Waals surface area contributed by atoms with Gasteiger partial charge >= 0.3 is 0 Å². The molecule has 1 aliphatic rings. The Morgan fingerprint density at radius 2 is 2.26 bits per heavy atom. The Hall–Kier alpha value is -0.950. The molecule has 3 rings (SSSR count). The van der Waals surface area contributed by atoms with Crippen LogP contribution in [0.4, 0.5) is 0 Å². The van der Waals surface area contributed by atoms with E-state index in [0.29, 0.717) is 16.4 Å². The molecule has 0 saturated carbocycles. The lowest BCUT2D eigenvalue weighted by Crippen LogP contribution is -2.23. The van der Waals surface area contributed by atoms with Crippen LogP contribution in [-0.2, 0) is 13.1 Å². The minimum absolute atomic E-state index is 0.0538. The van der Waals surface area contributed by atoms with Gasteiger partial charge in [-0.15, -0.1) is 0 Å². The summed E-state index contributed by atoms with van der Waals surface area (Å²) < 4.78 is 3.80. The first-order valence-corrected chi connectivity index (χ1v) is 8.47. The molecule has 0 aliphatic carbocycles. The van der Waals surface area contributed by atoms with Crippen LogP contribution < -0.4 is 5.56 Å². The van der Waals surface area contributed by atoms with Gasteiger partial charge < -0.3 is 4.57 Å². The second-order valence-corrected chi connectivity index (χ2v) is 6.84. The molecule has 0 fully saturated rings. The van der Waals surface area contributed by atoms with E-state index in [1.807, 2.05) is 10.8 Å². The van der Waals surface area contributed by atoms with E-state index in [1.54, 1.807) is 28.1 Å². The van der Waals surface area contributed by atoms with E-state index >= 15 is 0 Å². The van der Waals surface area contributed by atoms with Gasteiger partial charge in [-0.1, -0.05) is 37.4 Å². The zero-order chi connectivity index (χ0) is 13.6. The number of hydrogen-bond acceptors (Lipinski definition) is 5. The number of nitrogens with zero attached hydrogens (tertiary/aromatic N) is 4. The maximum Gasteiger partial charge on any atom is 0.280 e. The molecule has 102 valence electrons. The summed E-state index contributed by atoms with van der Waals surface area (Å²) in [7, 11) is 0. The van der Waals surface area contributed by atoms with Crippen molar-refractivity contribution >= 4 is 34.7 Å². The van der Waals surface area contributed by atoms with Crippen LogP contribution in [0.1, 0.15) is 20.3 Å². The lowest BCUT2D eigenvalue weighted by atomic mass is 10.4. The SMILES string of the molecule is CCCn1c(SC)nc2nc3n(c(=O)c21)CC(C)S3. The molecular weight excluding hydrogens is 280 g/mol. The van der Waals surface area contributed by atoms with Crippen molar-refractivity contribution in [1.82, 2.24) is 19.1 Å². The van der Waals surface area contributed by atoms with Crippen molar-refractivity contribution < 1.29 is 0 Å². The number of aromatic nitrogens is 4. The Bertz CT molecular complexity index is 691. The predicted octanol–water partition coefficient (Wildman–Crippen LogP) is 2.22. The molecule has 2 aromatic heterocycles. The molecule has 0 spiro atoms. The van der Waals surface area contributed by atoms with Gasteiger partial charge in [0.15, 0.2) is 21.5 Å². The average molecular weight is 296 g/mol. The van der Waals surface area contributed by atoms with Gasteiger partial charge in [0.2, 0.25) is 0 Å². The van der Waals surface area contributed by atoms with Gasteiger partial charge in [-0.3, -0.25) is 9.36 Å². The second-order valence-electron chi connectivity index (χ2n) is 4.66. The number of thioether (sulfide) groups is 2. The summed E-state index contributed by atoms with van der Waals surface area (Å²) in [5.74, 6) is 0. The number of rotatable bonds is 3. The molecule has 3 heterocycles. The molecule has 0 N–H and O–H groups in total. The normalized spacial score (nSPS) is 18.2. The Morgan fingerprint density at radius 1 is 1.47 bits per heavy atom. The first kappa shape index (κ1) is 13.1. The highest BCUT2D eigenvalue weighted by Gasteiger charge is 2.25. The summed E-state index contributed by atoms with van der Waals surface area (Å²) in [5.41, 5.74) is 1.30. The second kappa shape index (κ2) is 4.86. The standard InChI is InChI=1S/C12H16N4OS2/c1-4-5-15-8-9(13-11(15)18-3)14-12-16(10(8)17)6-7(2)19-12/h7H,4-6H2,1-3H3. The fourth-order valence-corrected chi connectivity index (χ4v) is 3.98. The lowest BCUT2D eigenvalue weighted by Gasteiger charge is -2.06. The van der Waals surface area contributed by atoms with Gasteiger partial charge in [0.1, 0.15) is 0 Å². The Kier molecular flexibility index (Phi) is 3.34. The van der Waals surface area contributed by atoms with Crippen LogP contribution in [0.2, 0.25) is 0 Å². The summed E-state index contributed by atoms with van der Waals surface area (Å²) in [4.78, 5) is 21.7. The lowest BCUT2D eigenvalue weighted by molar-refractivity contribution is 0.610. The average Bonchev–Trinajstić information content (AvgIpc) is 2.91. The first-order chi connectivity index (χ1) is 9.15. The molecule has 0 bridgehead atoms. The first-order valence-electron chi connectivity index (χ1n) is 6.37. The van der Waals surface area contributed by atoms with E-state index in [0.717, 1.165) is 29.8 Å². The quantitative estimate of drug-likeness (QED) is 0.642. The summed E-state index contributed by atoms with van der Waals surface area (Å²) in [6.45, 7) is 5.77. The fraction of sp³-hybridized carbons (Fsp3) is 0.583. The monoisotopic (exact) mass is 296 g/mol. The smallest absolute Gasteiger partial charge is 0.280 e. The molecule has 19 heavy (non-hydrogen) atoms. The molecule has 1 atom stereocenters. The van der Waals surface area contributed by atoms with Crippen LogP contribution >= 0.6 is 23.5 Å². The van der Waals surface area contributed by atoms with Gasteiger partial charge in [0, 0.05) is 18.3 Å². The predicted molar refractivity (Wildman–Crippen MR) is 79.2 cm³/mol. The third kappa shape index (κ3) is 1.99. The van der Waals surface area contributed by atoms with Crippen LogP contribution in [-0.4, -0.2) is 30.6 Å². The molecule has 2 aromatic rings. The van der Waals surface area contributed by atoms with Gasteiger partial charge in [-0.05, 0) is 12.7 Å². The largest absolute Gasteiger partial charge is 0.313 e. The zero-order valence-electron chi connectivity index (χ0n) is 11.2. The van der Waals surface area contributed by atoms with E-state index in [2.05, 4.69) is 23.8 Å². The summed E-state index contributed by atoms with van der Waals surface area (Å²) in [6, 6.07) is 0. The van der Waals surface area contributed by atoms with Crippen molar-refractivity contribution in [3.8, 4) is 0 Å². The fourth-order valence-electron chi connectivity index (χ4n) is 2.39. The third-order valence-electron chi connectivity index (χ3n) is 3.17. The van der Waals surface area contributed by atoms with Crippen LogP contribution in [0, 0.1) is 0 Å². The topological polar surface area (TPSA) is 52.7 Å². The van der Waals surface area contributed by atoms with Crippen LogP contribution in [0.25, 0.3) is 11.2 Å². The summed E-state index contributed by atoms with van der Waals surface area (Å²) in [5, 5.41) is 2.09. The van der Waals surface area contributed by atoms with Crippen molar-refractivity contribution in [3.63, 3.8) is 0 Å². The molecule has 1 unspecified atom stereocenters. The highest BCUT2D eigenvalue weighted by molar-refractivity contribution is 8.00. The van der Waals surface area contributed by atoms with Gasteiger partial charge in [-0.2, -0.15) is 0 Å². The van der Waals surface area contributed by atoms with Crippen molar-refractivity contribution in [1.29, 1.82) is 0 Å². The minimum Gasteiger partial charge on any atom is -0.313 e. The van der Waals surface area contributed by atoms with Crippen molar-refractivity contribution in [3.05, 3.63) is 10.4 Å². The molecule has 5 nitrogen and oxygen atoms in total. The summed E-state index contributed by atoms with van der Waals surface area (Å²) in [6.07, 6.45) is 2.96. The maximum absolute atomic E-state index is 12.6. The zero-order valence-corrected chi connectivity index (χ0v) is 12.8. The van der Waals surface area contributed by atoms with Crippen molar-refractivity contribution in [2.45, 2.75) is 48.9 Å². The highest BCUT2D eigenvalue weighted by Crippen LogP contribution is 2.30. The molecule has 1 aliphatic heterocycles. The van der Waals surface area contributed by atoms with Crippen LogP contribution in [0.3, 0.4) is 0 Å².